The summed E-state index contributed by atoms with van der Waals surface area (Å²) in [6.07, 6.45) is 4.19. The monoisotopic (exact) mass is 267 g/mol. The topological polar surface area (TPSA) is 3.24 Å². The summed E-state index contributed by atoms with van der Waals surface area (Å²) >= 11 is 3.54. The van der Waals surface area contributed by atoms with Crippen molar-refractivity contribution < 1.29 is 0 Å². The highest BCUT2D eigenvalue weighted by Gasteiger charge is 2.24. The highest BCUT2D eigenvalue weighted by atomic mass is 79.9. The fourth-order valence-corrected chi connectivity index (χ4v) is 2.52. The van der Waals surface area contributed by atoms with Crippen LogP contribution < -0.4 is 0 Å². The Morgan fingerprint density at radius 1 is 1.20 bits per heavy atom. The standard InChI is InChI=1S/C13H18BrN/c14-9-10-15(13-7-4-8-13)11-12-5-2-1-3-6-12/h1-3,5-6,13H,4,7-11H2. The zero-order valence-electron chi connectivity index (χ0n) is 9.03. The molecule has 2 heteroatoms. The lowest BCUT2D eigenvalue weighted by atomic mass is 9.91. The van der Waals surface area contributed by atoms with Crippen LogP contribution in [0, 0.1) is 0 Å². The van der Waals surface area contributed by atoms with E-state index in [1.54, 1.807) is 0 Å². The molecule has 0 atom stereocenters. The van der Waals surface area contributed by atoms with E-state index in [0.29, 0.717) is 0 Å². The van der Waals surface area contributed by atoms with Crippen molar-refractivity contribution in [2.75, 3.05) is 11.9 Å². The summed E-state index contributed by atoms with van der Waals surface area (Å²) in [5.74, 6) is 0. The van der Waals surface area contributed by atoms with E-state index < -0.39 is 0 Å². The summed E-state index contributed by atoms with van der Waals surface area (Å²) in [6, 6.07) is 11.6. The van der Waals surface area contributed by atoms with Gasteiger partial charge in [0.25, 0.3) is 0 Å². The van der Waals surface area contributed by atoms with Crippen LogP contribution in [0.5, 0.6) is 0 Å². The molecule has 15 heavy (non-hydrogen) atoms. The molecular weight excluding hydrogens is 250 g/mol. The van der Waals surface area contributed by atoms with Crippen LogP contribution in [-0.4, -0.2) is 22.8 Å². The van der Waals surface area contributed by atoms with Crippen molar-refractivity contribution in [1.82, 2.24) is 4.90 Å². The fourth-order valence-electron chi connectivity index (χ4n) is 2.07. The summed E-state index contributed by atoms with van der Waals surface area (Å²) in [6.45, 7) is 2.27. The van der Waals surface area contributed by atoms with Crippen molar-refractivity contribution in [3.63, 3.8) is 0 Å². The Kier molecular flexibility index (Phi) is 4.21. The first-order valence-corrected chi connectivity index (χ1v) is 6.86. The highest BCUT2D eigenvalue weighted by Crippen LogP contribution is 2.26. The number of hydrogen-bond acceptors (Lipinski definition) is 1. The molecule has 2 rings (SSSR count). The maximum Gasteiger partial charge on any atom is 0.0237 e. The third-order valence-electron chi connectivity index (χ3n) is 3.19. The normalized spacial score (nSPS) is 16.7. The number of halogens is 1. The molecule has 0 aliphatic heterocycles. The van der Waals surface area contributed by atoms with Gasteiger partial charge in [0.1, 0.15) is 0 Å². The van der Waals surface area contributed by atoms with Gasteiger partial charge in [-0.2, -0.15) is 0 Å². The zero-order chi connectivity index (χ0) is 10.5. The van der Waals surface area contributed by atoms with Crippen molar-refractivity contribution in [3.05, 3.63) is 35.9 Å². The van der Waals surface area contributed by atoms with Gasteiger partial charge in [-0.25, -0.2) is 0 Å². The molecule has 0 bridgehead atoms. The van der Waals surface area contributed by atoms with Crippen molar-refractivity contribution in [2.24, 2.45) is 0 Å². The smallest absolute Gasteiger partial charge is 0.0237 e. The molecule has 1 aromatic carbocycles. The lowest BCUT2D eigenvalue weighted by Crippen LogP contribution is -2.40. The molecule has 1 aliphatic rings. The molecule has 1 nitrogen and oxygen atoms in total. The Labute approximate surface area is 101 Å². The Hall–Kier alpha value is -0.340. The largest absolute Gasteiger partial charge is 0.295 e. The lowest BCUT2D eigenvalue weighted by Gasteiger charge is -2.37. The SMILES string of the molecule is BrCCN(Cc1ccccc1)C1CCC1. The highest BCUT2D eigenvalue weighted by molar-refractivity contribution is 9.09. The molecular formula is C13H18BrN. The summed E-state index contributed by atoms with van der Waals surface area (Å²) in [5.41, 5.74) is 1.44. The molecule has 0 amide bonds. The summed E-state index contributed by atoms with van der Waals surface area (Å²) in [7, 11) is 0. The van der Waals surface area contributed by atoms with Gasteiger partial charge in [-0.15, -0.1) is 0 Å². The number of benzene rings is 1. The van der Waals surface area contributed by atoms with E-state index in [1.165, 1.54) is 31.4 Å². The molecule has 0 radical (unpaired) electrons. The molecule has 1 fully saturated rings. The molecule has 1 aliphatic carbocycles. The van der Waals surface area contributed by atoms with Gasteiger partial charge >= 0.3 is 0 Å². The van der Waals surface area contributed by atoms with Crippen LogP contribution in [0.25, 0.3) is 0 Å². The van der Waals surface area contributed by atoms with Crippen molar-refractivity contribution >= 4 is 15.9 Å². The Balaban J connectivity index is 1.93. The molecule has 0 unspecified atom stereocenters. The van der Waals surface area contributed by atoms with E-state index in [4.69, 9.17) is 0 Å². The maximum absolute atomic E-state index is 3.54. The van der Waals surface area contributed by atoms with Crippen LogP contribution in [-0.2, 0) is 6.54 Å². The van der Waals surface area contributed by atoms with E-state index in [9.17, 15) is 0 Å². The zero-order valence-corrected chi connectivity index (χ0v) is 10.6. The predicted molar refractivity (Wildman–Crippen MR) is 68.3 cm³/mol. The number of rotatable bonds is 5. The quantitative estimate of drug-likeness (QED) is 0.739. The molecule has 1 aromatic rings. The van der Waals surface area contributed by atoms with Crippen LogP contribution >= 0.6 is 15.9 Å². The third kappa shape index (κ3) is 3.05. The van der Waals surface area contributed by atoms with Crippen molar-refractivity contribution in [3.8, 4) is 0 Å². The van der Waals surface area contributed by atoms with Crippen LogP contribution in [0.1, 0.15) is 24.8 Å². The predicted octanol–water partition coefficient (Wildman–Crippen LogP) is 3.44. The van der Waals surface area contributed by atoms with Crippen LogP contribution in [0.2, 0.25) is 0 Å². The third-order valence-corrected chi connectivity index (χ3v) is 3.55. The lowest BCUT2D eigenvalue weighted by molar-refractivity contribution is 0.128. The molecule has 0 heterocycles. The molecule has 0 aromatic heterocycles. The van der Waals surface area contributed by atoms with Crippen molar-refractivity contribution in [1.29, 1.82) is 0 Å². The molecule has 0 saturated heterocycles. The second-order valence-corrected chi connectivity index (χ2v) is 5.02. The van der Waals surface area contributed by atoms with Gasteiger partial charge in [0.15, 0.2) is 0 Å². The first kappa shape index (κ1) is 11.2. The molecule has 1 saturated carbocycles. The van der Waals surface area contributed by atoms with Gasteiger partial charge in [-0.1, -0.05) is 52.7 Å². The van der Waals surface area contributed by atoms with Crippen LogP contribution in [0.4, 0.5) is 0 Å². The fraction of sp³-hybridized carbons (Fsp3) is 0.538. The first-order valence-electron chi connectivity index (χ1n) is 5.74. The van der Waals surface area contributed by atoms with Crippen LogP contribution in [0.3, 0.4) is 0 Å². The molecule has 0 spiro atoms. The second-order valence-electron chi connectivity index (χ2n) is 4.23. The van der Waals surface area contributed by atoms with Gasteiger partial charge in [0.2, 0.25) is 0 Å². The van der Waals surface area contributed by atoms with Gasteiger partial charge in [-0.05, 0) is 18.4 Å². The van der Waals surface area contributed by atoms with Crippen LogP contribution in [0.15, 0.2) is 30.3 Å². The minimum atomic E-state index is 0.836. The summed E-state index contributed by atoms with van der Waals surface area (Å²) in [4.78, 5) is 2.60. The summed E-state index contributed by atoms with van der Waals surface area (Å²) < 4.78 is 0. The van der Waals surface area contributed by atoms with Gasteiger partial charge in [0, 0.05) is 24.5 Å². The second kappa shape index (κ2) is 5.66. The maximum atomic E-state index is 3.54. The van der Waals surface area contributed by atoms with Gasteiger partial charge in [-0.3, -0.25) is 4.90 Å². The summed E-state index contributed by atoms with van der Waals surface area (Å²) in [5, 5.41) is 1.08. The minimum absolute atomic E-state index is 0.836. The van der Waals surface area contributed by atoms with Gasteiger partial charge < -0.3 is 0 Å². The minimum Gasteiger partial charge on any atom is -0.295 e. The molecule has 82 valence electrons. The van der Waals surface area contributed by atoms with E-state index in [0.717, 1.165) is 17.9 Å². The molecule has 0 N–H and O–H groups in total. The van der Waals surface area contributed by atoms with Crippen molar-refractivity contribution in [2.45, 2.75) is 31.8 Å². The average molecular weight is 268 g/mol. The van der Waals surface area contributed by atoms with E-state index in [2.05, 4.69) is 51.2 Å². The van der Waals surface area contributed by atoms with E-state index >= 15 is 0 Å². The Morgan fingerprint density at radius 3 is 2.47 bits per heavy atom. The van der Waals surface area contributed by atoms with E-state index in [-0.39, 0.29) is 0 Å². The van der Waals surface area contributed by atoms with E-state index in [1.807, 2.05) is 0 Å². The Morgan fingerprint density at radius 2 is 1.93 bits per heavy atom. The first-order chi connectivity index (χ1) is 7.40. The van der Waals surface area contributed by atoms with Gasteiger partial charge in [0.05, 0.1) is 0 Å². The average Bonchev–Trinajstić information content (AvgIpc) is 2.17. The Bertz CT molecular complexity index is 282. The number of nitrogens with zero attached hydrogens (tertiary/aromatic N) is 1. The number of alkyl halides is 1. The number of hydrogen-bond donors (Lipinski definition) is 0.